The third kappa shape index (κ3) is 4.13. The maximum atomic E-state index is 13.4. The van der Waals surface area contributed by atoms with Crippen LogP contribution in [-0.4, -0.2) is 27.0 Å². The SMILES string of the molecule is NC(=O)c1sc2nc(C(F)(F)F)cc(-c3ccco3)c2c1NC(=O)c1cc(C(F)(F)F)[nH]n1. The largest absolute Gasteiger partial charge is 0.464 e. The molecule has 4 rings (SSSR count). The Hall–Kier alpha value is -3.88. The van der Waals surface area contributed by atoms with Crippen LogP contribution in [-0.2, 0) is 12.4 Å². The summed E-state index contributed by atoms with van der Waals surface area (Å²) in [6.07, 6.45) is -8.46. The number of nitrogens with two attached hydrogens (primary N) is 1. The summed E-state index contributed by atoms with van der Waals surface area (Å²) in [7, 11) is 0. The lowest BCUT2D eigenvalue weighted by molar-refractivity contribution is -0.141. The third-order valence-corrected chi connectivity index (χ3v) is 5.42. The van der Waals surface area contributed by atoms with Gasteiger partial charge in [0, 0.05) is 17.0 Å². The Bertz CT molecular complexity index is 1370. The Morgan fingerprint density at radius 1 is 1.12 bits per heavy atom. The van der Waals surface area contributed by atoms with E-state index in [1.54, 1.807) is 5.10 Å². The number of hydrogen-bond donors (Lipinski definition) is 3. The highest BCUT2D eigenvalue weighted by atomic mass is 32.1. The second-order valence-electron chi connectivity index (χ2n) is 6.50. The number of amides is 2. The van der Waals surface area contributed by atoms with Crippen LogP contribution in [0.1, 0.15) is 31.5 Å². The molecule has 0 atom stereocenters. The van der Waals surface area contributed by atoms with Crippen LogP contribution in [0.5, 0.6) is 0 Å². The summed E-state index contributed by atoms with van der Waals surface area (Å²) in [5, 5.41) is 7.05. The van der Waals surface area contributed by atoms with Crippen LogP contribution in [0.4, 0.5) is 32.0 Å². The Morgan fingerprint density at radius 2 is 1.85 bits per heavy atom. The number of carbonyl (C=O) groups excluding carboxylic acids is 2. The molecule has 0 saturated carbocycles. The maximum absolute atomic E-state index is 13.4. The maximum Gasteiger partial charge on any atom is 0.433 e. The zero-order valence-electron chi connectivity index (χ0n) is 15.8. The van der Waals surface area contributed by atoms with Crippen molar-refractivity contribution in [2.45, 2.75) is 12.4 Å². The van der Waals surface area contributed by atoms with E-state index in [0.29, 0.717) is 23.5 Å². The molecule has 4 aromatic heterocycles. The minimum atomic E-state index is -4.85. The standard InChI is InChI=1S/C18H9F6N5O3S/c19-17(20,21)9-4-6(8-2-1-3-32-8)11-12(13(14(25)30)33-16(11)26-9)27-15(31)7-5-10(29-28-7)18(22,23)24/h1-5H,(H2,25,30)(H,27,31)(H,28,29). The van der Waals surface area contributed by atoms with E-state index in [2.05, 4.69) is 15.4 Å². The fraction of sp³-hybridized carbons (Fsp3) is 0.111. The molecule has 0 aliphatic rings. The van der Waals surface area contributed by atoms with E-state index in [1.807, 2.05) is 0 Å². The van der Waals surface area contributed by atoms with Gasteiger partial charge in [0.1, 0.15) is 26.9 Å². The fourth-order valence-electron chi connectivity index (χ4n) is 2.92. The molecule has 8 nitrogen and oxygen atoms in total. The second kappa shape index (κ2) is 7.61. The molecule has 0 aromatic carbocycles. The number of furan rings is 1. The molecule has 4 N–H and O–H groups in total. The summed E-state index contributed by atoms with van der Waals surface area (Å²) in [5.41, 5.74) is 1.54. The molecule has 0 aliphatic heterocycles. The molecular formula is C18H9F6N5O3S. The highest BCUT2D eigenvalue weighted by molar-refractivity contribution is 7.21. The van der Waals surface area contributed by atoms with Gasteiger partial charge in [0.2, 0.25) is 0 Å². The van der Waals surface area contributed by atoms with Crippen LogP contribution < -0.4 is 11.1 Å². The number of anilines is 1. The Balaban J connectivity index is 1.90. The van der Waals surface area contributed by atoms with Crippen molar-refractivity contribution in [1.29, 1.82) is 0 Å². The zero-order valence-corrected chi connectivity index (χ0v) is 16.6. The zero-order chi connectivity index (χ0) is 24.1. The van der Waals surface area contributed by atoms with Crippen molar-refractivity contribution < 1.29 is 40.3 Å². The first kappa shape index (κ1) is 22.3. The topological polar surface area (TPSA) is 127 Å². The predicted octanol–water partition coefficient (Wildman–Crippen LogP) is 4.67. The van der Waals surface area contributed by atoms with E-state index in [9.17, 15) is 35.9 Å². The van der Waals surface area contributed by atoms with Crippen LogP contribution in [0.2, 0.25) is 0 Å². The molecule has 172 valence electrons. The van der Waals surface area contributed by atoms with Gasteiger partial charge >= 0.3 is 12.4 Å². The lowest BCUT2D eigenvalue weighted by atomic mass is 10.1. The molecule has 15 heteroatoms. The summed E-state index contributed by atoms with van der Waals surface area (Å²) in [6, 6.07) is 3.83. The average Bonchev–Trinajstić information content (AvgIpc) is 3.45. The van der Waals surface area contributed by atoms with Crippen LogP contribution in [0.3, 0.4) is 0 Å². The number of primary amides is 1. The van der Waals surface area contributed by atoms with Crippen LogP contribution in [0.15, 0.2) is 34.9 Å². The number of halogens is 6. The number of H-pyrrole nitrogens is 1. The summed E-state index contributed by atoms with van der Waals surface area (Å²) in [6.45, 7) is 0. The van der Waals surface area contributed by atoms with Gasteiger partial charge < -0.3 is 15.5 Å². The lowest BCUT2D eigenvalue weighted by Crippen LogP contribution is -2.17. The Labute approximate surface area is 182 Å². The van der Waals surface area contributed by atoms with E-state index in [-0.39, 0.29) is 32.1 Å². The molecule has 4 heterocycles. The van der Waals surface area contributed by atoms with Crippen LogP contribution in [0.25, 0.3) is 21.5 Å². The van der Waals surface area contributed by atoms with Gasteiger partial charge in [-0.3, -0.25) is 14.7 Å². The molecule has 0 radical (unpaired) electrons. The minimum Gasteiger partial charge on any atom is -0.464 e. The van der Waals surface area contributed by atoms with Gasteiger partial charge in [0.15, 0.2) is 5.69 Å². The van der Waals surface area contributed by atoms with E-state index < -0.39 is 41.2 Å². The number of rotatable bonds is 4. The lowest BCUT2D eigenvalue weighted by Gasteiger charge is -2.10. The van der Waals surface area contributed by atoms with Crippen molar-refractivity contribution in [1.82, 2.24) is 15.2 Å². The van der Waals surface area contributed by atoms with Gasteiger partial charge in [0.25, 0.3) is 11.8 Å². The third-order valence-electron chi connectivity index (χ3n) is 4.32. The minimum absolute atomic E-state index is 0.0450. The number of aromatic amines is 1. The van der Waals surface area contributed by atoms with E-state index in [1.165, 1.54) is 18.4 Å². The first-order valence-corrected chi connectivity index (χ1v) is 9.50. The van der Waals surface area contributed by atoms with Gasteiger partial charge in [-0.1, -0.05) is 0 Å². The molecular weight excluding hydrogens is 480 g/mol. The summed E-state index contributed by atoms with van der Waals surface area (Å²) in [4.78, 5) is 27.4. The first-order chi connectivity index (χ1) is 15.4. The van der Waals surface area contributed by atoms with Gasteiger partial charge in [-0.15, -0.1) is 11.3 Å². The highest BCUT2D eigenvalue weighted by Gasteiger charge is 2.36. The average molecular weight is 489 g/mol. The molecule has 0 unspecified atom stereocenters. The van der Waals surface area contributed by atoms with Gasteiger partial charge in [0.05, 0.1) is 12.0 Å². The number of nitrogens with zero attached hydrogens (tertiary/aromatic N) is 2. The predicted molar refractivity (Wildman–Crippen MR) is 102 cm³/mol. The van der Waals surface area contributed by atoms with Crippen molar-refractivity contribution >= 4 is 39.1 Å². The molecule has 2 amide bonds. The normalized spacial score (nSPS) is 12.3. The Kier molecular flexibility index (Phi) is 5.15. The van der Waals surface area contributed by atoms with Crippen molar-refractivity contribution in [2.75, 3.05) is 5.32 Å². The number of carbonyl (C=O) groups is 2. The number of thiophene rings is 1. The van der Waals surface area contributed by atoms with E-state index in [4.69, 9.17) is 10.2 Å². The highest BCUT2D eigenvalue weighted by Crippen LogP contribution is 2.43. The molecule has 4 aromatic rings. The van der Waals surface area contributed by atoms with Gasteiger partial charge in [-0.25, -0.2) is 4.98 Å². The number of aromatic nitrogens is 3. The summed E-state index contributed by atoms with van der Waals surface area (Å²) < 4.78 is 83.7. The van der Waals surface area contributed by atoms with Crippen LogP contribution >= 0.6 is 11.3 Å². The Morgan fingerprint density at radius 3 is 2.39 bits per heavy atom. The molecule has 0 saturated heterocycles. The number of pyridine rings is 1. The molecule has 0 bridgehead atoms. The quantitative estimate of drug-likeness (QED) is 0.359. The number of alkyl halides is 6. The van der Waals surface area contributed by atoms with Crippen molar-refractivity contribution in [3.05, 3.63) is 52.5 Å². The molecule has 33 heavy (non-hydrogen) atoms. The van der Waals surface area contributed by atoms with Gasteiger partial charge in [-0.05, 0) is 18.2 Å². The smallest absolute Gasteiger partial charge is 0.433 e. The van der Waals surface area contributed by atoms with Crippen LogP contribution in [0, 0.1) is 0 Å². The summed E-state index contributed by atoms with van der Waals surface area (Å²) in [5.74, 6) is -2.32. The van der Waals surface area contributed by atoms with E-state index in [0.717, 1.165) is 0 Å². The van der Waals surface area contributed by atoms with Crippen molar-refractivity contribution in [3.8, 4) is 11.3 Å². The van der Waals surface area contributed by atoms with Gasteiger partial charge in [-0.2, -0.15) is 31.4 Å². The van der Waals surface area contributed by atoms with Crippen molar-refractivity contribution in [3.63, 3.8) is 0 Å². The molecule has 0 spiro atoms. The van der Waals surface area contributed by atoms with Crippen molar-refractivity contribution in [2.24, 2.45) is 5.73 Å². The first-order valence-electron chi connectivity index (χ1n) is 8.68. The van der Waals surface area contributed by atoms with E-state index >= 15 is 0 Å². The second-order valence-corrected chi connectivity index (χ2v) is 7.50. The monoisotopic (exact) mass is 489 g/mol. The number of fused-ring (bicyclic) bond motifs is 1. The fourth-order valence-corrected chi connectivity index (χ4v) is 3.93. The molecule has 0 fully saturated rings. The summed E-state index contributed by atoms with van der Waals surface area (Å²) >= 11 is 0.470. The number of nitrogens with one attached hydrogen (secondary N) is 2. The number of hydrogen-bond acceptors (Lipinski definition) is 6. The molecule has 0 aliphatic carbocycles.